The molecule has 3 nitrogen and oxygen atoms in total. The fraction of sp³-hybridized carbons (Fsp3) is 0.350. The molecule has 0 saturated heterocycles. The van der Waals surface area contributed by atoms with Crippen molar-refractivity contribution in [2.24, 2.45) is 0 Å². The van der Waals surface area contributed by atoms with E-state index in [4.69, 9.17) is 4.74 Å². The van der Waals surface area contributed by atoms with Crippen LogP contribution < -0.4 is 10.1 Å². The molecule has 23 heavy (non-hydrogen) atoms. The van der Waals surface area contributed by atoms with Crippen LogP contribution in [0.5, 0.6) is 5.75 Å². The monoisotopic (exact) mass is 311 g/mol. The third kappa shape index (κ3) is 4.35. The molecular weight excluding hydrogens is 286 g/mol. The maximum absolute atomic E-state index is 12.3. The topological polar surface area (TPSA) is 38.3 Å². The Bertz CT molecular complexity index is 679. The van der Waals surface area contributed by atoms with Gasteiger partial charge in [0.2, 0.25) is 0 Å². The van der Waals surface area contributed by atoms with Gasteiger partial charge in [-0.3, -0.25) is 4.79 Å². The molecule has 2 aromatic rings. The molecule has 2 rings (SSSR count). The second-order valence-corrected chi connectivity index (χ2v) is 6.85. The van der Waals surface area contributed by atoms with E-state index in [1.807, 2.05) is 56.3 Å². The highest BCUT2D eigenvalue weighted by atomic mass is 16.5. The smallest absolute Gasteiger partial charge is 0.262 e. The third-order valence-corrected chi connectivity index (χ3v) is 3.77. The molecule has 122 valence electrons. The number of hydrogen-bond acceptors (Lipinski definition) is 2. The number of anilines is 1. The molecule has 0 atom stereocenters. The van der Waals surface area contributed by atoms with E-state index >= 15 is 0 Å². The van der Waals surface area contributed by atoms with Crippen LogP contribution in [0.2, 0.25) is 0 Å². The first kappa shape index (κ1) is 17.1. The minimum atomic E-state index is -0.149. The van der Waals surface area contributed by atoms with Gasteiger partial charge in [-0.05, 0) is 42.0 Å². The number of ether oxygens (including phenoxy) is 1. The molecule has 0 aliphatic heterocycles. The highest BCUT2D eigenvalue weighted by molar-refractivity contribution is 5.92. The summed E-state index contributed by atoms with van der Waals surface area (Å²) in [7, 11) is 0. The van der Waals surface area contributed by atoms with Crippen LogP contribution in [-0.4, -0.2) is 12.5 Å². The molecule has 1 N–H and O–H groups in total. The maximum Gasteiger partial charge on any atom is 0.262 e. The summed E-state index contributed by atoms with van der Waals surface area (Å²) in [5.41, 5.74) is 3.99. The van der Waals surface area contributed by atoms with Gasteiger partial charge in [0.1, 0.15) is 5.75 Å². The predicted octanol–water partition coefficient (Wildman–Crippen LogP) is 4.62. The van der Waals surface area contributed by atoms with E-state index in [0.29, 0.717) is 0 Å². The molecule has 1 amide bonds. The molecule has 0 aromatic heterocycles. The Labute approximate surface area is 138 Å². The van der Waals surface area contributed by atoms with Crippen molar-refractivity contribution >= 4 is 11.6 Å². The lowest BCUT2D eigenvalue weighted by molar-refractivity contribution is -0.118. The van der Waals surface area contributed by atoms with Crippen LogP contribution in [0, 0.1) is 13.8 Å². The Hall–Kier alpha value is -2.29. The average Bonchev–Trinajstić information content (AvgIpc) is 2.46. The van der Waals surface area contributed by atoms with Crippen LogP contribution in [0.3, 0.4) is 0 Å². The number of rotatable bonds is 4. The fourth-order valence-electron chi connectivity index (χ4n) is 2.60. The molecule has 0 heterocycles. The van der Waals surface area contributed by atoms with E-state index in [9.17, 15) is 4.79 Å². The van der Waals surface area contributed by atoms with Crippen molar-refractivity contribution < 1.29 is 9.53 Å². The molecule has 0 bridgehead atoms. The summed E-state index contributed by atoms with van der Waals surface area (Å²) in [6.07, 6.45) is 0. The summed E-state index contributed by atoms with van der Waals surface area (Å²) >= 11 is 0. The van der Waals surface area contributed by atoms with Gasteiger partial charge < -0.3 is 10.1 Å². The Morgan fingerprint density at radius 1 is 1.00 bits per heavy atom. The van der Waals surface area contributed by atoms with Crippen molar-refractivity contribution in [2.45, 2.75) is 40.0 Å². The fourth-order valence-corrected chi connectivity index (χ4v) is 2.60. The molecule has 0 fully saturated rings. The van der Waals surface area contributed by atoms with Crippen LogP contribution >= 0.6 is 0 Å². The van der Waals surface area contributed by atoms with E-state index in [0.717, 1.165) is 28.1 Å². The van der Waals surface area contributed by atoms with Crippen molar-refractivity contribution in [1.82, 2.24) is 0 Å². The highest BCUT2D eigenvalue weighted by Crippen LogP contribution is 2.29. The van der Waals surface area contributed by atoms with Gasteiger partial charge in [-0.2, -0.15) is 0 Å². The van der Waals surface area contributed by atoms with Crippen molar-refractivity contribution in [1.29, 1.82) is 0 Å². The summed E-state index contributed by atoms with van der Waals surface area (Å²) in [6.45, 7) is 10.4. The number of hydrogen-bond donors (Lipinski definition) is 1. The average molecular weight is 311 g/mol. The van der Waals surface area contributed by atoms with E-state index in [2.05, 4.69) is 26.1 Å². The zero-order chi connectivity index (χ0) is 17.0. The second-order valence-electron chi connectivity index (χ2n) is 6.85. The molecule has 0 radical (unpaired) electrons. The van der Waals surface area contributed by atoms with E-state index < -0.39 is 0 Å². The van der Waals surface area contributed by atoms with Crippen LogP contribution in [0.15, 0.2) is 42.5 Å². The van der Waals surface area contributed by atoms with Crippen LogP contribution in [0.1, 0.15) is 37.5 Å². The third-order valence-electron chi connectivity index (χ3n) is 3.77. The normalized spacial score (nSPS) is 11.2. The summed E-state index contributed by atoms with van der Waals surface area (Å²) in [5, 5.41) is 2.96. The zero-order valence-corrected chi connectivity index (χ0v) is 14.6. The largest absolute Gasteiger partial charge is 0.483 e. The van der Waals surface area contributed by atoms with Gasteiger partial charge in [-0.25, -0.2) is 0 Å². The molecule has 0 spiro atoms. The summed E-state index contributed by atoms with van der Waals surface area (Å²) in [6, 6.07) is 13.8. The second kappa shape index (κ2) is 6.86. The first-order chi connectivity index (χ1) is 10.8. The molecule has 0 aliphatic rings. The van der Waals surface area contributed by atoms with Crippen molar-refractivity contribution in [2.75, 3.05) is 11.9 Å². The van der Waals surface area contributed by atoms with Crippen LogP contribution in [0.4, 0.5) is 5.69 Å². The Morgan fingerprint density at radius 2 is 1.61 bits per heavy atom. The summed E-state index contributed by atoms with van der Waals surface area (Å²) < 4.78 is 5.72. The van der Waals surface area contributed by atoms with Gasteiger partial charge in [0.05, 0.1) is 0 Å². The van der Waals surface area contributed by atoms with Crippen LogP contribution in [0.25, 0.3) is 0 Å². The summed E-state index contributed by atoms with van der Waals surface area (Å²) in [5.74, 6) is 0.635. The van der Waals surface area contributed by atoms with E-state index in [-0.39, 0.29) is 17.9 Å². The van der Waals surface area contributed by atoms with Gasteiger partial charge in [-0.15, -0.1) is 0 Å². The minimum absolute atomic E-state index is 0.00414. The highest BCUT2D eigenvalue weighted by Gasteiger charge is 2.18. The van der Waals surface area contributed by atoms with Crippen molar-refractivity contribution in [3.63, 3.8) is 0 Å². The number of para-hydroxylation sites is 2. The molecule has 3 heteroatoms. The van der Waals surface area contributed by atoms with Crippen molar-refractivity contribution in [3.8, 4) is 5.75 Å². The summed E-state index contributed by atoms with van der Waals surface area (Å²) in [4.78, 5) is 12.3. The maximum atomic E-state index is 12.3. The number of amides is 1. The van der Waals surface area contributed by atoms with Gasteiger partial charge in [0.25, 0.3) is 5.91 Å². The quantitative estimate of drug-likeness (QED) is 0.895. The van der Waals surface area contributed by atoms with E-state index in [1.165, 1.54) is 0 Å². The molecule has 2 aromatic carbocycles. The standard InChI is InChI=1S/C20H25NO2/c1-14-9-8-10-15(2)19(14)23-13-18(22)21-17-12-7-6-11-16(17)20(3,4)5/h6-12H,13H2,1-5H3,(H,21,22). The van der Waals surface area contributed by atoms with Gasteiger partial charge >= 0.3 is 0 Å². The number of carbonyl (C=O) groups excluding carboxylic acids is 1. The lowest BCUT2D eigenvalue weighted by Crippen LogP contribution is -2.23. The Morgan fingerprint density at radius 3 is 2.22 bits per heavy atom. The van der Waals surface area contributed by atoms with Crippen LogP contribution in [-0.2, 0) is 10.2 Å². The van der Waals surface area contributed by atoms with Gasteiger partial charge in [0.15, 0.2) is 6.61 Å². The SMILES string of the molecule is Cc1cccc(C)c1OCC(=O)Nc1ccccc1C(C)(C)C. The number of nitrogens with one attached hydrogen (secondary N) is 1. The lowest BCUT2D eigenvalue weighted by Gasteiger charge is -2.23. The molecule has 0 saturated carbocycles. The lowest BCUT2D eigenvalue weighted by atomic mass is 9.86. The first-order valence-corrected chi connectivity index (χ1v) is 7.87. The Balaban J connectivity index is 2.07. The minimum Gasteiger partial charge on any atom is -0.483 e. The van der Waals surface area contributed by atoms with E-state index in [1.54, 1.807) is 0 Å². The van der Waals surface area contributed by atoms with Crippen molar-refractivity contribution in [3.05, 3.63) is 59.2 Å². The molecular formula is C20H25NO2. The van der Waals surface area contributed by atoms with Gasteiger partial charge in [0, 0.05) is 5.69 Å². The molecule has 0 unspecified atom stereocenters. The predicted molar refractivity (Wildman–Crippen MR) is 95.2 cm³/mol. The number of carbonyl (C=O) groups is 1. The molecule has 0 aliphatic carbocycles. The number of aryl methyl sites for hydroxylation is 2. The number of benzene rings is 2. The Kier molecular flexibility index (Phi) is 5.09. The van der Waals surface area contributed by atoms with Gasteiger partial charge in [-0.1, -0.05) is 57.2 Å². The first-order valence-electron chi connectivity index (χ1n) is 7.87. The zero-order valence-electron chi connectivity index (χ0n) is 14.6.